The molecule has 0 bridgehead atoms. The van der Waals surface area contributed by atoms with E-state index >= 15 is 0 Å². The number of rotatable bonds is 8. The van der Waals surface area contributed by atoms with Gasteiger partial charge in [-0.2, -0.15) is 0 Å². The van der Waals surface area contributed by atoms with Crippen LogP contribution in [0.2, 0.25) is 0 Å². The SMILES string of the molecule is CCOCCCNC(=NC)NCc1ncc(CC)s1. The smallest absolute Gasteiger partial charge is 0.191 e. The van der Waals surface area contributed by atoms with Crippen LogP contribution in [0.25, 0.3) is 0 Å². The Balaban J connectivity index is 2.21. The molecule has 6 heteroatoms. The number of aromatic nitrogens is 1. The van der Waals surface area contributed by atoms with Gasteiger partial charge < -0.3 is 15.4 Å². The zero-order valence-corrected chi connectivity index (χ0v) is 12.8. The minimum atomic E-state index is 0.718. The van der Waals surface area contributed by atoms with Gasteiger partial charge in [0.2, 0.25) is 0 Å². The molecule has 19 heavy (non-hydrogen) atoms. The summed E-state index contributed by atoms with van der Waals surface area (Å²) in [7, 11) is 1.77. The first kappa shape index (κ1) is 15.9. The zero-order valence-electron chi connectivity index (χ0n) is 12.0. The fourth-order valence-electron chi connectivity index (χ4n) is 1.50. The number of nitrogens with one attached hydrogen (secondary N) is 2. The van der Waals surface area contributed by atoms with Gasteiger partial charge in [0.05, 0.1) is 6.54 Å². The van der Waals surface area contributed by atoms with E-state index in [9.17, 15) is 0 Å². The third kappa shape index (κ3) is 6.54. The lowest BCUT2D eigenvalue weighted by molar-refractivity contribution is 0.145. The molecule has 0 atom stereocenters. The summed E-state index contributed by atoms with van der Waals surface area (Å²) in [4.78, 5) is 9.86. The summed E-state index contributed by atoms with van der Waals surface area (Å²) < 4.78 is 5.28. The quantitative estimate of drug-likeness (QED) is 0.434. The normalized spacial score (nSPS) is 11.6. The molecule has 1 aromatic heterocycles. The third-order valence-corrected chi connectivity index (χ3v) is 3.68. The zero-order chi connectivity index (χ0) is 13.9. The maximum absolute atomic E-state index is 5.28. The summed E-state index contributed by atoms with van der Waals surface area (Å²) in [5, 5.41) is 7.61. The average Bonchev–Trinajstić information content (AvgIpc) is 2.90. The summed E-state index contributed by atoms with van der Waals surface area (Å²) in [5.74, 6) is 0.810. The highest BCUT2D eigenvalue weighted by Crippen LogP contribution is 2.12. The Kier molecular flexibility index (Phi) is 8.16. The van der Waals surface area contributed by atoms with Gasteiger partial charge in [-0.3, -0.25) is 4.99 Å². The number of aryl methyl sites for hydroxylation is 1. The first-order valence-corrected chi connectivity index (χ1v) is 7.57. The number of nitrogens with zero attached hydrogens (tertiary/aromatic N) is 2. The van der Waals surface area contributed by atoms with Crippen LogP contribution in [0.4, 0.5) is 0 Å². The molecule has 1 aromatic rings. The Morgan fingerprint density at radius 3 is 2.89 bits per heavy atom. The molecule has 0 aliphatic carbocycles. The van der Waals surface area contributed by atoms with E-state index in [0.717, 1.165) is 50.1 Å². The molecule has 0 saturated carbocycles. The van der Waals surface area contributed by atoms with Crippen molar-refractivity contribution in [2.75, 3.05) is 26.8 Å². The highest BCUT2D eigenvalue weighted by molar-refractivity contribution is 7.11. The average molecular weight is 284 g/mol. The van der Waals surface area contributed by atoms with Crippen LogP contribution in [0, 0.1) is 0 Å². The van der Waals surface area contributed by atoms with Gasteiger partial charge >= 0.3 is 0 Å². The molecule has 0 fully saturated rings. The van der Waals surface area contributed by atoms with Crippen LogP contribution in [0.3, 0.4) is 0 Å². The Labute approximate surface area is 119 Å². The van der Waals surface area contributed by atoms with Crippen molar-refractivity contribution in [3.63, 3.8) is 0 Å². The predicted molar refractivity (Wildman–Crippen MR) is 80.8 cm³/mol. The van der Waals surface area contributed by atoms with E-state index in [1.54, 1.807) is 18.4 Å². The van der Waals surface area contributed by atoms with Crippen LogP contribution in [0.1, 0.15) is 30.2 Å². The maximum Gasteiger partial charge on any atom is 0.191 e. The van der Waals surface area contributed by atoms with Crippen molar-refractivity contribution < 1.29 is 4.74 Å². The molecule has 0 radical (unpaired) electrons. The van der Waals surface area contributed by atoms with E-state index in [0.29, 0.717) is 0 Å². The largest absolute Gasteiger partial charge is 0.382 e. The molecule has 0 saturated heterocycles. The molecule has 108 valence electrons. The van der Waals surface area contributed by atoms with Gasteiger partial charge in [-0.05, 0) is 19.8 Å². The van der Waals surface area contributed by atoms with Gasteiger partial charge in [0, 0.05) is 37.9 Å². The van der Waals surface area contributed by atoms with Gasteiger partial charge in [-0.1, -0.05) is 6.92 Å². The number of hydrogen-bond donors (Lipinski definition) is 2. The van der Waals surface area contributed by atoms with Crippen molar-refractivity contribution in [3.05, 3.63) is 16.1 Å². The summed E-state index contributed by atoms with van der Waals surface area (Å²) in [6.45, 7) is 7.28. The third-order valence-electron chi connectivity index (χ3n) is 2.54. The molecule has 2 N–H and O–H groups in total. The lowest BCUT2D eigenvalue weighted by Gasteiger charge is -2.10. The number of guanidine groups is 1. The highest BCUT2D eigenvalue weighted by Gasteiger charge is 2.02. The van der Waals surface area contributed by atoms with Gasteiger partial charge in [0.15, 0.2) is 5.96 Å². The van der Waals surface area contributed by atoms with Crippen LogP contribution in [0.5, 0.6) is 0 Å². The second-order valence-corrected chi connectivity index (χ2v) is 5.18. The first-order valence-electron chi connectivity index (χ1n) is 6.76. The molecule has 5 nitrogen and oxygen atoms in total. The predicted octanol–water partition coefficient (Wildman–Crippen LogP) is 1.80. The Hall–Kier alpha value is -1.14. The molecule has 0 aliphatic rings. The second-order valence-electron chi connectivity index (χ2n) is 3.98. The lowest BCUT2D eigenvalue weighted by Crippen LogP contribution is -2.37. The Morgan fingerprint density at radius 2 is 2.26 bits per heavy atom. The van der Waals surface area contributed by atoms with Crippen LogP contribution < -0.4 is 10.6 Å². The molecular formula is C13H24N4OS. The van der Waals surface area contributed by atoms with E-state index in [1.807, 2.05) is 13.1 Å². The van der Waals surface area contributed by atoms with Crippen molar-refractivity contribution in [1.82, 2.24) is 15.6 Å². The summed E-state index contributed by atoms with van der Waals surface area (Å²) in [6, 6.07) is 0. The molecule has 0 aromatic carbocycles. The maximum atomic E-state index is 5.28. The number of aliphatic imine (C=N–C) groups is 1. The minimum Gasteiger partial charge on any atom is -0.382 e. The standard InChI is InChI=1S/C13H24N4OS/c1-4-11-9-16-12(19-11)10-17-13(14-3)15-7-6-8-18-5-2/h9H,4-8,10H2,1-3H3,(H2,14,15,17). The second kappa shape index (κ2) is 9.75. The Morgan fingerprint density at radius 1 is 1.42 bits per heavy atom. The number of thiazole rings is 1. The fraction of sp³-hybridized carbons (Fsp3) is 0.692. The van der Waals surface area contributed by atoms with E-state index in [4.69, 9.17) is 4.74 Å². The van der Waals surface area contributed by atoms with Crippen molar-refractivity contribution in [1.29, 1.82) is 0 Å². The van der Waals surface area contributed by atoms with E-state index in [-0.39, 0.29) is 0 Å². The molecule has 1 rings (SSSR count). The van der Waals surface area contributed by atoms with Crippen molar-refractivity contribution in [2.24, 2.45) is 4.99 Å². The monoisotopic (exact) mass is 284 g/mol. The Bertz CT molecular complexity index is 378. The minimum absolute atomic E-state index is 0.718. The van der Waals surface area contributed by atoms with E-state index in [2.05, 4.69) is 27.5 Å². The van der Waals surface area contributed by atoms with Gasteiger partial charge in [-0.25, -0.2) is 4.98 Å². The number of hydrogen-bond acceptors (Lipinski definition) is 4. The molecule has 0 unspecified atom stereocenters. The molecule has 0 amide bonds. The van der Waals surface area contributed by atoms with Crippen LogP contribution in [-0.2, 0) is 17.7 Å². The topological polar surface area (TPSA) is 58.5 Å². The highest BCUT2D eigenvalue weighted by atomic mass is 32.1. The van der Waals surface area contributed by atoms with Crippen LogP contribution >= 0.6 is 11.3 Å². The van der Waals surface area contributed by atoms with Gasteiger partial charge in [0.1, 0.15) is 5.01 Å². The van der Waals surface area contributed by atoms with Gasteiger partial charge in [0.25, 0.3) is 0 Å². The van der Waals surface area contributed by atoms with Crippen LogP contribution in [0.15, 0.2) is 11.2 Å². The molecule has 0 spiro atoms. The first-order chi connectivity index (χ1) is 9.30. The van der Waals surface area contributed by atoms with Crippen molar-refractivity contribution in [2.45, 2.75) is 33.2 Å². The van der Waals surface area contributed by atoms with Crippen molar-refractivity contribution >= 4 is 17.3 Å². The summed E-state index contributed by atoms with van der Waals surface area (Å²) in [6.07, 6.45) is 3.97. The summed E-state index contributed by atoms with van der Waals surface area (Å²) in [5.41, 5.74) is 0. The summed E-state index contributed by atoms with van der Waals surface area (Å²) >= 11 is 1.74. The molecule has 0 aliphatic heterocycles. The van der Waals surface area contributed by atoms with E-state index < -0.39 is 0 Å². The van der Waals surface area contributed by atoms with Gasteiger partial charge in [-0.15, -0.1) is 11.3 Å². The van der Waals surface area contributed by atoms with E-state index in [1.165, 1.54) is 4.88 Å². The number of ether oxygens (including phenoxy) is 1. The van der Waals surface area contributed by atoms with Crippen LogP contribution in [-0.4, -0.2) is 37.7 Å². The molecular weight excluding hydrogens is 260 g/mol. The fourth-order valence-corrected chi connectivity index (χ4v) is 2.30. The lowest BCUT2D eigenvalue weighted by atomic mass is 10.4. The molecule has 1 heterocycles. The van der Waals surface area contributed by atoms with Crippen molar-refractivity contribution in [3.8, 4) is 0 Å².